The van der Waals surface area contributed by atoms with Gasteiger partial charge in [0.25, 0.3) is 0 Å². The first-order chi connectivity index (χ1) is 12.3. The summed E-state index contributed by atoms with van der Waals surface area (Å²) in [5.41, 5.74) is 1.76. The minimum atomic E-state index is -0.110. The highest BCUT2D eigenvalue weighted by molar-refractivity contribution is 5.56. The van der Waals surface area contributed by atoms with Crippen molar-refractivity contribution < 1.29 is 4.74 Å². The highest BCUT2D eigenvalue weighted by atomic mass is 16.5. The number of ether oxygens (including phenoxy) is 1. The first-order valence-electron chi connectivity index (χ1n) is 8.87. The SMILES string of the molecule is COc1cnn(C(C)(C)CCC(C)(C)n2cc(-c3ccccn3)cn2)c1. The van der Waals surface area contributed by atoms with Crippen LogP contribution in [-0.4, -0.2) is 31.7 Å². The van der Waals surface area contributed by atoms with Crippen molar-refractivity contribution in [1.29, 1.82) is 0 Å². The molecule has 3 aromatic heterocycles. The molecule has 0 radical (unpaired) electrons. The van der Waals surface area contributed by atoms with E-state index in [4.69, 9.17) is 4.74 Å². The minimum Gasteiger partial charge on any atom is -0.493 e. The summed E-state index contributed by atoms with van der Waals surface area (Å²) < 4.78 is 9.26. The second-order valence-corrected chi connectivity index (χ2v) is 7.84. The smallest absolute Gasteiger partial charge is 0.156 e. The summed E-state index contributed by atoms with van der Waals surface area (Å²) in [5, 5.41) is 9.03. The van der Waals surface area contributed by atoms with Crippen molar-refractivity contribution in [2.24, 2.45) is 0 Å². The van der Waals surface area contributed by atoms with Crippen LogP contribution in [0.5, 0.6) is 5.75 Å². The Morgan fingerprint density at radius 3 is 2.15 bits per heavy atom. The zero-order valence-electron chi connectivity index (χ0n) is 16.2. The molecule has 0 aromatic carbocycles. The van der Waals surface area contributed by atoms with Crippen LogP contribution in [0.15, 0.2) is 49.2 Å². The van der Waals surface area contributed by atoms with E-state index in [-0.39, 0.29) is 11.1 Å². The topological polar surface area (TPSA) is 57.8 Å². The number of methoxy groups -OCH3 is 1. The Bertz CT molecular complexity index is 848. The fourth-order valence-corrected chi connectivity index (χ4v) is 2.90. The van der Waals surface area contributed by atoms with Crippen molar-refractivity contribution in [2.45, 2.75) is 51.6 Å². The van der Waals surface area contributed by atoms with E-state index in [1.165, 1.54) is 0 Å². The van der Waals surface area contributed by atoms with Gasteiger partial charge in [0.15, 0.2) is 5.75 Å². The molecule has 0 atom stereocenters. The Labute approximate surface area is 154 Å². The zero-order valence-corrected chi connectivity index (χ0v) is 16.2. The van der Waals surface area contributed by atoms with Crippen LogP contribution in [0, 0.1) is 0 Å². The van der Waals surface area contributed by atoms with Crippen LogP contribution in [0.1, 0.15) is 40.5 Å². The molecule has 26 heavy (non-hydrogen) atoms. The fourth-order valence-electron chi connectivity index (χ4n) is 2.90. The van der Waals surface area contributed by atoms with Crippen LogP contribution < -0.4 is 4.74 Å². The number of aromatic nitrogens is 5. The van der Waals surface area contributed by atoms with E-state index in [0.29, 0.717) is 0 Å². The maximum absolute atomic E-state index is 5.25. The van der Waals surface area contributed by atoms with Crippen LogP contribution in [0.4, 0.5) is 0 Å². The van der Waals surface area contributed by atoms with Gasteiger partial charge in [0, 0.05) is 18.0 Å². The quantitative estimate of drug-likeness (QED) is 0.642. The molecule has 3 heterocycles. The Morgan fingerprint density at radius 1 is 0.923 bits per heavy atom. The maximum atomic E-state index is 5.25. The van der Waals surface area contributed by atoms with E-state index in [0.717, 1.165) is 29.8 Å². The van der Waals surface area contributed by atoms with Gasteiger partial charge < -0.3 is 4.74 Å². The molecule has 0 saturated carbocycles. The average molecular weight is 353 g/mol. The van der Waals surface area contributed by atoms with Gasteiger partial charge >= 0.3 is 0 Å². The fraction of sp³-hybridized carbons (Fsp3) is 0.450. The molecule has 0 N–H and O–H groups in total. The second kappa shape index (κ2) is 6.94. The minimum absolute atomic E-state index is 0.106. The number of nitrogens with zero attached hydrogens (tertiary/aromatic N) is 5. The summed E-state index contributed by atoms with van der Waals surface area (Å²) in [4.78, 5) is 4.40. The Balaban J connectivity index is 1.71. The van der Waals surface area contributed by atoms with Crippen molar-refractivity contribution >= 4 is 0 Å². The number of hydrogen-bond donors (Lipinski definition) is 0. The van der Waals surface area contributed by atoms with Crippen LogP contribution in [0.2, 0.25) is 0 Å². The predicted octanol–water partition coefficient (Wildman–Crippen LogP) is 4.10. The highest BCUT2D eigenvalue weighted by Crippen LogP contribution is 2.30. The highest BCUT2D eigenvalue weighted by Gasteiger charge is 2.28. The lowest BCUT2D eigenvalue weighted by atomic mass is 9.89. The average Bonchev–Trinajstić information content (AvgIpc) is 3.31. The van der Waals surface area contributed by atoms with Crippen LogP contribution in [-0.2, 0) is 11.1 Å². The molecule has 6 nitrogen and oxygen atoms in total. The molecule has 0 aliphatic heterocycles. The van der Waals surface area contributed by atoms with Crippen molar-refractivity contribution in [2.75, 3.05) is 7.11 Å². The summed E-state index contributed by atoms with van der Waals surface area (Å²) in [6.45, 7) is 8.81. The van der Waals surface area contributed by atoms with E-state index in [9.17, 15) is 0 Å². The van der Waals surface area contributed by atoms with Gasteiger partial charge in [-0.05, 0) is 52.7 Å². The van der Waals surface area contributed by atoms with Gasteiger partial charge in [-0.1, -0.05) is 6.07 Å². The maximum Gasteiger partial charge on any atom is 0.156 e. The molecule has 0 spiro atoms. The summed E-state index contributed by atoms with van der Waals surface area (Å²) in [5.74, 6) is 0.782. The molecule has 0 bridgehead atoms. The molecule has 3 rings (SSSR count). The normalized spacial score (nSPS) is 12.3. The summed E-state index contributed by atoms with van der Waals surface area (Å²) in [6.07, 6.45) is 11.4. The molecule has 0 unspecified atom stereocenters. The van der Waals surface area contributed by atoms with Gasteiger partial charge in [-0.25, -0.2) is 0 Å². The van der Waals surface area contributed by atoms with Gasteiger partial charge in [-0.15, -0.1) is 0 Å². The molecular formula is C20H27N5O. The Hall–Kier alpha value is -2.63. The third-order valence-corrected chi connectivity index (χ3v) is 4.93. The molecule has 0 amide bonds. The molecule has 6 heteroatoms. The third-order valence-electron chi connectivity index (χ3n) is 4.93. The van der Waals surface area contributed by atoms with E-state index < -0.39 is 0 Å². The molecule has 0 saturated heterocycles. The summed E-state index contributed by atoms with van der Waals surface area (Å²) in [7, 11) is 1.66. The van der Waals surface area contributed by atoms with E-state index in [1.54, 1.807) is 19.5 Å². The van der Waals surface area contributed by atoms with E-state index in [1.807, 2.05) is 40.0 Å². The largest absolute Gasteiger partial charge is 0.493 e. The van der Waals surface area contributed by atoms with E-state index in [2.05, 4.69) is 49.1 Å². The van der Waals surface area contributed by atoms with Crippen LogP contribution in [0.3, 0.4) is 0 Å². The lowest BCUT2D eigenvalue weighted by molar-refractivity contribution is 0.213. The molecule has 0 aliphatic rings. The molecular weight excluding hydrogens is 326 g/mol. The van der Waals surface area contributed by atoms with Crippen molar-refractivity contribution in [3.05, 3.63) is 49.2 Å². The lowest BCUT2D eigenvalue weighted by Gasteiger charge is -2.31. The van der Waals surface area contributed by atoms with Crippen molar-refractivity contribution in [1.82, 2.24) is 24.5 Å². The second-order valence-electron chi connectivity index (χ2n) is 7.84. The van der Waals surface area contributed by atoms with E-state index >= 15 is 0 Å². The van der Waals surface area contributed by atoms with Gasteiger partial charge in [-0.3, -0.25) is 14.3 Å². The number of rotatable bonds is 7. The predicted molar refractivity (Wildman–Crippen MR) is 102 cm³/mol. The van der Waals surface area contributed by atoms with Crippen LogP contribution in [0.25, 0.3) is 11.3 Å². The third kappa shape index (κ3) is 3.79. The molecule has 0 aliphatic carbocycles. The lowest BCUT2D eigenvalue weighted by Crippen LogP contribution is -2.33. The molecule has 3 aromatic rings. The number of hydrogen-bond acceptors (Lipinski definition) is 4. The van der Waals surface area contributed by atoms with Gasteiger partial charge in [0.1, 0.15) is 0 Å². The van der Waals surface area contributed by atoms with Gasteiger partial charge in [0.2, 0.25) is 0 Å². The first-order valence-corrected chi connectivity index (χ1v) is 8.87. The Kier molecular flexibility index (Phi) is 4.85. The standard InChI is InChI=1S/C20H27N5O/c1-19(2,9-10-20(3,4)25-15-17(26-5)13-23-25)24-14-16(12-22-24)18-8-6-7-11-21-18/h6-8,11-15H,9-10H2,1-5H3. The molecule has 138 valence electrons. The number of pyridine rings is 1. The monoisotopic (exact) mass is 353 g/mol. The summed E-state index contributed by atoms with van der Waals surface area (Å²) in [6, 6.07) is 5.92. The zero-order chi connectivity index (χ0) is 18.8. The van der Waals surface area contributed by atoms with Gasteiger partial charge in [0.05, 0.1) is 42.5 Å². The first kappa shape index (κ1) is 18.2. The van der Waals surface area contributed by atoms with Gasteiger partial charge in [-0.2, -0.15) is 10.2 Å². The van der Waals surface area contributed by atoms with Crippen molar-refractivity contribution in [3.8, 4) is 17.0 Å². The summed E-state index contributed by atoms with van der Waals surface area (Å²) >= 11 is 0. The van der Waals surface area contributed by atoms with Crippen molar-refractivity contribution in [3.63, 3.8) is 0 Å². The Morgan fingerprint density at radius 2 is 1.58 bits per heavy atom. The van der Waals surface area contributed by atoms with Crippen LogP contribution >= 0.6 is 0 Å². The molecule has 0 fully saturated rings.